The van der Waals surface area contributed by atoms with Gasteiger partial charge in [0.05, 0.1) is 29.3 Å². The molecule has 0 radical (unpaired) electrons. The second kappa shape index (κ2) is 6.28. The van der Waals surface area contributed by atoms with Crippen molar-refractivity contribution in [1.82, 2.24) is 10.3 Å². The summed E-state index contributed by atoms with van der Waals surface area (Å²) in [6.07, 6.45) is -2.79. The van der Waals surface area contributed by atoms with E-state index in [2.05, 4.69) is 10.3 Å². The summed E-state index contributed by atoms with van der Waals surface area (Å²) >= 11 is 5.99. The summed E-state index contributed by atoms with van der Waals surface area (Å²) < 4.78 is 35.9. The van der Waals surface area contributed by atoms with Gasteiger partial charge >= 0.3 is 6.18 Å². The fourth-order valence-electron chi connectivity index (χ4n) is 1.76. The molecule has 2 aromatic rings. The second-order valence-electron chi connectivity index (χ2n) is 4.26. The molecule has 0 fully saturated rings. The number of pyridine rings is 1. The Kier molecular flexibility index (Phi) is 4.64. The van der Waals surface area contributed by atoms with Crippen LogP contribution in [0.15, 0.2) is 30.5 Å². The highest BCUT2D eigenvalue weighted by molar-refractivity contribution is 6.35. The molecule has 8 heteroatoms. The lowest BCUT2D eigenvalue weighted by Crippen LogP contribution is -2.35. The standard InChI is InChI=1S/C13H11ClF3N3O/c14-9-3-4-10(8-2-1-5-19-12(8)9)20-11(21)6-18-7-13(15,16)17/h1-5,18H,6-7H2,(H,20,21). The first-order valence-corrected chi connectivity index (χ1v) is 6.35. The van der Waals surface area contributed by atoms with E-state index in [1.54, 1.807) is 30.5 Å². The molecule has 112 valence electrons. The van der Waals surface area contributed by atoms with Gasteiger partial charge in [0.2, 0.25) is 5.91 Å². The van der Waals surface area contributed by atoms with Crippen molar-refractivity contribution in [2.24, 2.45) is 0 Å². The van der Waals surface area contributed by atoms with Crippen LogP contribution in [0.1, 0.15) is 0 Å². The molecular formula is C13H11ClF3N3O. The van der Waals surface area contributed by atoms with Crippen molar-refractivity contribution < 1.29 is 18.0 Å². The quantitative estimate of drug-likeness (QED) is 0.911. The van der Waals surface area contributed by atoms with Gasteiger partial charge in [-0.1, -0.05) is 11.6 Å². The van der Waals surface area contributed by atoms with Gasteiger partial charge in [0.1, 0.15) is 0 Å². The number of carbonyl (C=O) groups is 1. The van der Waals surface area contributed by atoms with Gasteiger partial charge in [0.25, 0.3) is 0 Å². The predicted octanol–water partition coefficient (Wildman–Crippen LogP) is 2.98. The first kappa shape index (κ1) is 15.5. The molecule has 2 N–H and O–H groups in total. The molecule has 0 spiro atoms. The Hall–Kier alpha value is -1.86. The van der Waals surface area contributed by atoms with Crippen molar-refractivity contribution in [3.8, 4) is 0 Å². The number of amides is 1. The van der Waals surface area contributed by atoms with Gasteiger partial charge in [-0.25, -0.2) is 0 Å². The first-order valence-electron chi connectivity index (χ1n) is 5.97. The van der Waals surface area contributed by atoms with Gasteiger partial charge in [0.15, 0.2) is 0 Å². The number of rotatable bonds is 4. The van der Waals surface area contributed by atoms with E-state index in [4.69, 9.17) is 11.6 Å². The highest BCUT2D eigenvalue weighted by Gasteiger charge is 2.26. The molecule has 0 saturated carbocycles. The minimum absolute atomic E-state index is 0.429. The molecule has 2 rings (SSSR count). The van der Waals surface area contributed by atoms with E-state index >= 15 is 0 Å². The molecule has 0 unspecified atom stereocenters. The molecule has 1 amide bonds. The lowest BCUT2D eigenvalue weighted by molar-refractivity contribution is -0.126. The van der Waals surface area contributed by atoms with Gasteiger partial charge in [-0.3, -0.25) is 9.78 Å². The summed E-state index contributed by atoms with van der Waals surface area (Å²) in [4.78, 5) is 15.7. The lowest BCUT2D eigenvalue weighted by atomic mass is 10.2. The van der Waals surface area contributed by atoms with Crippen LogP contribution in [-0.2, 0) is 4.79 Å². The zero-order valence-corrected chi connectivity index (χ0v) is 11.4. The number of hydrogen-bond donors (Lipinski definition) is 2. The molecule has 0 atom stereocenters. The maximum atomic E-state index is 12.0. The number of anilines is 1. The van der Waals surface area contributed by atoms with Crippen molar-refractivity contribution in [1.29, 1.82) is 0 Å². The van der Waals surface area contributed by atoms with Crippen LogP contribution < -0.4 is 10.6 Å². The largest absolute Gasteiger partial charge is 0.401 e. The third kappa shape index (κ3) is 4.30. The molecule has 0 aliphatic carbocycles. The number of fused-ring (bicyclic) bond motifs is 1. The van der Waals surface area contributed by atoms with Crippen LogP contribution in [0.3, 0.4) is 0 Å². The normalized spacial score (nSPS) is 11.6. The van der Waals surface area contributed by atoms with Crippen molar-refractivity contribution in [3.05, 3.63) is 35.5 Å². The number of alkyl halides is 3. The first-order chi connectivity index (χ1) is 9.87. The van der Waals surface area contributed by atoms with Gasteiger partial charge in [-0.2, -0.15) is 13.2 Å². The fraction of sp³-hybridized carbons (Fsp3) is 0.231. The van der Waals surface area contributed by atoms with Crippen LogP contribution in [0.4, 0.5) is 18.9 Å². The third-order valence-electron chi connectivity index (χ3n) is 2.61. The molecular weight excluding hydrogens is 307 g/mol. The van der Waals surface area contributed by atoms with Crippen molar-refractivity contribution in [2.75, 3.05) is 18.4 Å². The second-order valence-corrected chi connectivity index (χ2v) is 4.67. The maximum Gasteiger partial charge on any atom is 0.401 e. The van der Waals surface area contributed by atoms with Crippen LogP contribution >= 0.6 is 11.6 Å². The summed E-state index contributed by atoms with van der Waals surface area (Å²) in [5, 5.41) is 5.61. The zero-order chi connectivity index (χ0) is 15.5. The zero-order valence-electron chi connectivity index (χ0n) is 10.7. The van der Waals surface area contributed by atoms with Crippen molar-refractivity contribution >= 4 is 34.1 Å². The number of benzene rings is 1. The van der Waals surface area contributed by atoms with Crippen molar-refractivity contribution in [3.63, 3.8) is 0 Å². The van der Waals surface area contributed by atoms with Crippen molar-refractivity contribution in [2.45, 2.75) is 6.18 Å². The average Bonchev–Trinajstić information content (AvgIpc) is 2.41. The van der Waals surface area contributed by atoms with E-state index in [0.29, 0.717) is 21.6 Å². The topological polar surface area (TPSA) is 54.0 Å². The number of aromatic nitrogens is 1. The molecule has 0 aliphatic heterocycles. The Morgan fingerprint density at radius 1 is 1.29 bits per heavy atom. The van der Waals surface area contributed by atoms with Gasteiger partial charge in [-0.05, 0) is 24.3 Å². The predicted molar refractivity (Wildman–Crippen MR) is 74.3 cm³/mol. The van der Waals surface area contributed by atoms with E-state index in [1.165, 1.54) is 0 Å². The Morgan fingerprint density at radius 3 is 2.76 bits per heavy atom. The summed E-state index contributed by atoms with van der Waals surface area (Å²) in [5.41, 5.74) is 0.960. The van der Waals surface area contributed by atoms with E-state index in [9.17, 15) is 18.0 Å². The maximum absolute atomic E-state index is 12.0. The Bertz CT molecular complexity index is 661. The molecule has 0 aliphatic rings. The SMILES string of the molecule is O=C(CNCC(F)(F)F)Nc1ccc(Cl)c2ncccc12. The average molecular weight is 318 g/mol. The summed E-state index contributed by atoms with van der Waals surface area (Å²) in [6, 6.07) is 6.53. The van der Waals surface area contributed by atoms with E-state index in [0.717, 1.165) is 0 Å². The summed E-state index contributed by atoms with van der Waals surface area (Å²) in [6.45, 7) is -1.66. The number of halogens is 4. The van der Waals surface area contributed by atoms with E-state index < -0.39 is 25.2 Å². The third-order valence-corrected chi connectivity index (χ3v) is 2.91. The molecule has 0 saturated heterocycles. The van der Waals surface area contributed by atoms with Gasteiger partial charge < -0.3 is 10.6 Å². The van der Waals surface area contributed by atoms with E-state index in [1.807, 2.05) is 5.32 Å². The van der Waals surface area contributed by atoms with Crippen LogP contribution in [-0.4, -0.2) is 30.2 Å². The van der Waals surface area contributed by atoms with Crippen LogP contribution in [0.5, 0.6) is 0 Å². The van der Waals surface area contributed by atoms with Crippen LogP contribution in [0.2, 0.25) is 5.02 Å². The Labute approximate surface area is 123 Å². The minimum atomic E-state index is -4.35. The molecule has 1 heterocycles. The number of hydrogen-bond acceptors (Lipinski definition) is 3. The molecule has 1 aromatic heterocycles. The highest BCUT2D eigenvalue weighted by Crippen LogP contribution is 2.27. The number of nitrogens with zero attached hydrogens (tertiary/aromatic N) is 1. The highest BCUT2D eigenvalue weighted by atomic mass is 35.5. The Morgan fingerprint density at radius 2 is 2.05 bits per heavy atom. The lowest BCUT2D eigenvalue weighted by Gasteiger charge is -2.11. The molecule has 1 aromatic carbocycles. The van der Waals surface area contributed by atoms with E-state index in [-0.39, 0.29) is 0 Å². The van der Waals surface area contributed by atoms with Crippen LogP contribution in [0, 0.1) is 0 Å². The Balaban J connectivity index is 2.06. The van der Waals surface area contributed by atoms with Gasteiger partial charge in [-0.15, -0.1) is 0 Å². The number of carbonyl (C=O) groups excluding carboxylic acids is 1. The summed E-state index contributed by atoms with van der Waals surface area (Å²) in [5.74, 6) is -0.577. The summed E-state index contributed by atoms with van der Waals surface area (Å²) in [7, 11) is 0. The smallest absolute Gasteiger partial charge is 0.324 e. The molecule has 21 heavy (non-hydrogen) atoms. The fourth-order valence-corrected chi connectivity index (χ4v) is 1.97. The molecule has 0 bridgehead atoms. The van der Waals surface area contributed by atoms with Crippen LogP contribution in [0.25, 0.3) is 10.9 Å². The molecule has 4 nitrogen and oxygen atoms in total. The van der Waals surface area contributed by atoms with Gasteiger partial charge in [0, 0.05) is 11.6 Å². The number of nitrogens with one attached hydrogen (secondary N) is 2. The minimum Gasteiger partial charge on any atom is -0.324 e. The monoisotopic (exact) mass is 317 g/mol.